The molecule has 2 nitrogen and oxygen atoms in total. The lowest BCUT2D eigenvalue weighted by Gasteiger charge is -2.30. The minimum Gasteiger partial charge on any atom is -0.295 e. The van der Waals surface area contributed by atoms with E-state index in [1.807, 2.05) is 25.1 Å². The van der Waals surface area contributed by atoms with Gasteiger partial charge in [-0.05, 0) is 31.5 Å². The van der Waals surface area contributed by atoms with Gasteiger partial charge in [-0.2, -0.15) is 10.6 Å². The van der Waals surface area contributed by atoms with Crippen LogP contribution in [0, 0.1) is 6.92 Å². The van der Waals surface area contributed by atoms with E-state index >= 15 is 0 Å². The third-order valence-electron chi connectivity index (χ3n) is 1.77. The van der Waals surface area contributed by atoms with Crippen LogP contribution in [0.5, 0.6) is 0 Å². The summed E-state index contributed by atoms with van der Waals surface area (Å²) in [5.41, 5.74) is 1.06. The molecular formula is C9H14O2S. The monoisotopic (exact) mass is 186 g/mol. The Morgan fingerprint density at radius 3 is 2.50 bits per heavy atom. The molecule has 0 atom stereocenters. The summed E-state index contributed by atoms with van der Waals surface area (Å²) in [6, 6.07) is 7.36. The van der Waals surface area contributed by atoms with Crippen molar-refractivity contribution in [2.75, 3.05) is 5.75 Å². The van der Waals surface area contributed by atoms with E-state index in [9.17, 15) is 9.11 Å². The second-order valence-electron chi connectivity index (χ2n) is 2.77. The highest BCUT2D eigenvalue weighted by Crippen LogP contribution is 2.47. The molecule has 0 aromatic heterocycles. The maximum Gasteiger partial charge on any atom is 0.0586 e. The van der Waals surface area contributed by atoms with E-state index < -0.39 is 10.6 Å². The normalized spacial score (nSPS) is 13.0. The first-order chi connectivity index (χ1) is 5.56. The molecule has 0 unspecified atom stereocenters. The lowest BCUT2D eigenvalue weighted by atomic mass is 10.2. The molecule has 3 heteroatoms. The fraction of sp³-hybridized carbons (Fsp3) is 0.333. The molecule has 0 bridgehead atoms. The first-order valence-corrected chi connectivity index (χ1v) is 5.60. The highest BCUT2D eigenvalue weighted by molar-refractivity contribution is 8.24. The van der Waals surface area contributed by atoms with Crippen molar-refractivity contribution in [1.29, 1.82) is 0 Å². The molecule has 2 N–H and O–H groups in total. The molecule has 1 aromatic rings. The highest BCUT2D eigenvalue weighted by atomic mass is 32.3. The lowest BCUT2D eigenvalue weighted by molar-refractivity contribution is 0.488. The van der Waals surface area contributed by atoms with Gasteiger partial charge in [-0.1, -0.05) is 12.1 Å². The summed E-state index contributed by atoms with van der Waals surface area (Å²) < 4.78 is 19.1. The van der Waals surface area contributed by atoms with Crippen LogP contribution in [0.1, 0.15) is 12.5 Å². The van der Waals surface area contributed by atoms with E-state index in [1.165, 1.54) is 0 Å². The number of hydrogen-bond donors (Lipinski definition) is 2. The molecule has 0 radical (unpaired) electrons. The summed E-state index contributed by atoms with van der Waals surface area (Å²) in [4.78, 5) is 0.644. The first kappa shape index (κ1) is 9.58. The Kier molecular flexibility index (Phi) is 2.77. The van der Waals surface area contributed by atoms with Crippen LogP contribution in [0.3, 0.4) is 0 Å². The minimum absolute atomic E-state index is 0.385. The van der Waals surface area contributed by atoms with Crippen LogP contribution in [-0.4, -0.2) is 14.9 Å². The molecule has 0 aliphatic carbocycles. The van der Waals surface area contributed by atoms with Crippen LogP contribution >= 0.6 is 10.6 Å². The fourth-order valence-corrected chi connectivity index (χ4v) is 1.99. The summed E-state index contributed by atoms with van der Waals surface area (Å²) in [5, 5.41) is 0. The van der Waals surface area contributed by atoms with Crippen molar-refractivity contribution in [3.8, 4) is 0 Å². The van der Waals surface area contributed by atoms with E-state index in [4.69, 9.17) is 0 Å². The Morgan fingerprint density at radius 1 is 1.33 bits per heavy atom. The molecule has 0 amide bonds. The second-order valence-corrected chi connectivity index (χ2v) is 5.15. The molecule has 1 aromatic carbocycles. The van der Waals surface area contributed by atoms with Crippen LogP contribution in [0.4, 0.5) is 0 Å². The molecule has 0 aliphatic rings. The molecule has 12 heavy (non-hydrogen) atoms. The van der Waals surface area contributed by atoms with E-state index in [2.05, 4.69) is 0 Å². The zero-order valence-electron chi connectivity index (χ0n) is 7.32. The maximum atomic E-state index is 9.56. The molecular weight excluding hydrogens is 172 g/mol. The van der Waals surface area contributed by atoms with Gasteiger partial charge in [-0.25, -0.2) is 0 Å². The van der Waals surface area contributed by atoms with E-state index in [0.29, 0.717) is 10.6 Å². The first-order valence-electron chi connectivity index (χ1n) is 3.89. The average Bonchev–Trinajstić information content (AvgIpc) is 2.05. The average molecular weight is 186 g/mol. The van der Waals surface area contributed by atoms with Gasteiger partial charge in [-0.3, -0.25) is 9.11 Å². The standard InChI is InChI=1S/C9H14O2S/c1-3-12(10,11)9-6-4-5-8(2)7-9/h4-7,10-11H,3H2,1-2H3. The number of rotatable bonds is 2. The van der Waals surface area contributed by atoms with Gasteiger partial charge < -0.3 is 0 Å². The Balaban J connectivity index is 3.03. The van der Waals surface area contributed by atoms with Crippen molar-refractivity contribution in [3.63, 3.8) is 0 Å². The number of hydrogen-bond acceptors (Lipinski definition) is 2. The van der Waals surface area contributed by atoms with Crippen LogP contribution in [-0.2, 0) is 0 Å². The second kappa shape index (κ2) is 3.47. The van der Waals surface area contributed by atoms with Crippen molar-refractivity contribution >= 4 is 10.6 Å². The van der Waals surface area contributed by atoms with Crippen LogP contribution in [0.2, 0.25) is 0 Å². The molecule has 0 saturated carbocycles. The predicted molar refractivity (Wildman–Crippen MR) is 52.8 cm³/mol. The SMILES string of the molecule is CCS(O)(O)c1cccc(C)c1. The Bertz CT molecular complexity index is 271. The van der Waals surface area contributed by atoms with Gasteiger partial charge >= 0.3 is 0 Å². The molecule has 0 heterocycles. The van der Waals surface area contributed by atoms with Crippen LogP contribution in [0.15, 0.2) is 29.2 Å². The molecule has 1 rings (SSSR count). The lowest BCUT2D eigenvalue weighted by Crippen LogP contribution is -2.00. The quantitative estimate of drug-likeness (QED) is 0.745. The van der Waals surface area contributed by atoms with Gasteiger partial charge in [0.15, 0.2) is 0 Å². The van der Waals surface area contributed by atoms with Crippen molar-refractivity contribution < 1.29 is 9.11 Å². The summed E-state index contributed by atoms with van der Waals surface area (Å²) in [7, 11) is -2.52. The van der Waals surface area contributed by atoms with Crippen molar-refractivity contribution in [2.24, 2.45) is 0 Å². The summed E-state index contributed by atoms with van der Waals surface area (Å²) in [5.74, 6) is 0.385. The molecule has 68 valence electrons. The van der Waals surface area contributed by atoms with Gasteiger partial charge in [0, 0.05) is 5.75 Å². The summed E-state index contributed by atoms with van der Waals surface area (Å²) in [6.07, 6.45) is 0. The van der Waals surface area contributed by atoms with Crippen LogP contribution < -0.4 is 0 Å². The zero-order chi connectivity index (χ0) is 9.19. The van der Waals surface area contributed by atoms with Gasteiger partial charge in [0.25, 0.3) is 0 Å². The Hall–Kier alpha value is -0.510. The number of aryl methyl sites for hydroxylation is 1. The van der Waals surface area contributed by atoms with Gasteiger partial charge in [0.05, 0.1) is 4.90 Å². The van der Waals surface area contributed by atoms with Crippen LogP contribution in [0.25, 0.3) is 0 Å². The van der Waals surface area contributed by atoms with E-state index in [0.717, 1.165) is 5.56 Å². The Morgan fingerprint density at radius 2 is 2.00 bits per heavy atom. The third-order valence-corrected chi connectivity index (χ3v) is 3.58. The zero-order valence-corrected chi connectivity index (χ0v) is 8.14. The largest absolute Gasteiger partial charge is 0.295 e. The molecule has 0 aliphatic heterocycles. The smallest absolute Gasteiger partial charge is 0.0586 e. The highest BCUT2D eigenvalue weighted by Gasteiger charge is 2.11. The van der Waals surface area contributed by atoms with Gasteiger partial charge in [0.1, 0.15) is 0 Å². The minimum atomic E-state index is -2.52. The molecule has 0 saturated heterocycles. The third kappa shape index (κ3) is 2.00. The van der Waals surface area contributed by atoms with Crippen molar-refractivity contribution in [1.82, 2.24) is 0 Å². The van der Waals surface area contributed by atoms with E-state index in [-0.39, 0.29) is 0 Å². The van der Waals surface area contributed by atoms with Crippen molar-refractivity contribution in [3.05, 3.63) is 29.8 Å². The Labute approximate surface area is 74.6 Å². The molecule has 0 fully saturated rings. The maximum absolute atomic E-state index is 9.56. The summed E-state index contributed by atoms with van der Waals surface area (Å²) >= 11 is 0. The van der Waals surface area contributed by atoms with E-state index in [1.54, 1.807) is 13.0 Å². The predicted octanol–water partition coefficient (Wildman–Crippen LogP) is 3.12. The van der Waals surface area contributed by atoms with Gasteiger partial charge in [-0.15, -0.1) is 0 Å². The van der Waals surface area contributed by atoms with Crippen molar-refractivity contribution in [2.45, 2.75) is 18.7 Å². The van der Waals surface area contributed by atoms with Gasteiger partial charge in [0.2, 0.25) is 0 Å². The molecule has 0 spiro atoms. The summed E-state index contributed by atoms with van der Waals surface area (Å²) in [6.45, 7) is 3.71. The fourth-order valence-electron chi connectivity index (χ4n) is 0.985. The number of benzene rings is 1. The topological polar surface area (TPSA) is 40.5 Å².